The predicted octanol–water partition coefficient (Wildman–Crippen LogP) is 2.10. The van der Waals surface area contributed by atoms with E-state index in [0.29, 0.717) is 4.68 Å². The van der Waals surface area contributed by atoms with Gasteiger partial charge in [0.05, 0.1) is 12.3 Å². The molecule has 4 nitrogen and oxygen atoms in total. The van der Waals surface area contributed by atoms with Crippen LogP contribution >= 0.6 is 0 Å². The lowest BCUT2D eigenvalue weighted by molar-refractivity contribution is -0.00269. The van der Waals surface area contributed by atoms with Crippen LogP contribution in [0.4, 0.5) is 13.2 Å². The van der Waals surface area contributed by atoms with Gasteiger partial charge in [-0.05, 0) is 19.9 Å². The molecule has 0 amide bonds. The number of aryl methyl sites for hydroxylation is 1. The molecule has 16 heavy (non-hydrogen) atoms. The summed E-state index contributed by atoms with van der Waals surface area (Å²) in [5.74, 6) is -0.869. The Morgan fingerprint density at radius 2 is 2.19 bits per heavy atom. The molecule has 1 heterocycles. The zero-order chi connectivity index (χ0) is 12.3. The van der Waals surface area contributed by atoms with Gasteiger partial charge < -0.3 is 4.74 Å². The van der Waals surface area contributed by atoms with Crippen LogP contribution in [0.5, 0.6) is 0 Å². The average Bonchev–Trinajstić information content (AvgIpc) is 2.59. The molecule has 90 valence electrons. The number of aromatic nitrogens is 2. The second-order valence-corrected chi connectivity index (χ2v) is 3.04. The van der Waals surface area contributed by atoms with Crippen molar-refractivity contribution in [1.29, 1.82) is 0 Å². The first-order chi connectivity index (χ1) is 7.47. The Balaban J connectivity index is 3.04. The number of rotatable bonds is 4. The third-order valence-corrected chi connectivity index (χ3v) is 1.78. The molecule has 1 atom stereocenters. The minimum Gasteiger partial charge on any atom is -0.461 e. The highest BCUT2D eigenvalue weighted by molar-refractivity contribution is 5.87. The van der Waals surface area contributed by atoms with Crippen LogP contribution in [0.2, 0.25) is 0 Å². The lowest BCUT2D eigenvalue weighted by Gasteiger charge is -2.10. The Bertz CT molecular complexity index is 379. The number of hydrogen-bond acceptors (Lipinski definition) is 3. The number of nitrogens with zero attached hydrogens (tertiary/aromatic N) is 2. The fraction of sp³-hybridized carbons (Fsp3) is 0.556. The molecular weight excluding hydrogens is 225 g/mol. The summed E-state index contributed by atoms with van der Waals surface area (Å²) in [6.07, 6.45) is -5.89. The van der Waals surface area contributed by atoms with E-state index in [1.807, 2.05) is 0 Å². The molecule has 0 aliphatic rings. The molecule has 0 fully saturated rings. The van der Waals surface area contributed by atoms with Gasteiger partial charge in [0.15, 0.2) is 0 Å². The summed E-state index contributed by atoms with van der Waals surface area (Å²) in [4.78, 5) is 11.3. The summed E-state index contributed by atoms with van der Waals surface area (Å²) in [6.45, 7) is 3.11. The number of carbonyl (C=O) groups excluding carboxylic acids is 1. The Labute approximate surface area is 90.0 Å². The summed E-state index contributed by atoms with van der Waals surface area (Å²) in [7, 11) is 0. The smallest absolute Gasteiger partial charge is 0.356 e. The van der Waals surface area contributed by atoms with Crippen molar-refractivity contribution in [3.63, 3.8) is 0 Å². The monoisotopic (exact) mass is 236 g/mol. The Morgan fingerprint density at radius 1 is 1.56 bits per heavy atom. The minimum atomic E-state index is -3.24. The van der Waals surface area contributed by atoms with E-state index >= 15 is 0 Å². The lowest BCUT2D eigenvalue weighted by Crippen LogP contribution is -2.20. The van der Waals surface area contributed by atoms with Crippen molar-refractivity contribution in [2.24, 2.45) is 0 Å². The van der Waals surface area contributed by atoms with Crippen molar-refractivity contribution in [1.82, 2.24) is 9.78 Å². The van der Waals surface area contributed by atoms with Gasteiger partial charge >= 0.3 is 5.97 Å². The maximum absolute atomic E-state index is 13.1. The Morgan fingerprint density at radius 3 is 2.69 bits per heavy atom. The average molecular weight is 236 g/mol. The van der Waals surface area contributed by atoms with Gasteiger partial charge in [-0.3, -0.25) is 0 Å². The summed E-state index contributed by atoms with van der Waals surface area (Å²) >= 11 is 0. The van der Waals surface area contributed by atoms with E-state index in [4.69, 9.17) is 0 Å². The number of alkyl halides is 3. The SMILES string of the molecule is CCOC(=O)c1cc(C)nn1C(F)C(F)F. The van der Waals surface area contributed by atoms with Crippen LogP contribution < -0.4 is 0 Å². The van der Waals surface area contributed by atoms with Gasteiger partial charge in [-0.25, -0.2) is 22.6 Å². The fourth-order valence-corrected chi connectivity index (χ4v) is 1.17. The van der Waals surface area contributed by atoms with Crippen molar-refractivity contribution in [2.75, 3.05) is 6.61 Å². The molecule has 1 unspecified atom stereocenters. The van der Waals surface area contributed by atoms with Crippen molar-refractivity contribution in [3.8, 4) is 0 Å². The molecule has 7 heteroatoms. The number of carbonyl (C=O) groups is 1. The standard InChI is InChI=1S/C9H11F3N2O2/c1-3-16-9(15)6-4-5(2)13-14(6)8(12)7(10)11/h4,7-8H,3H2,1-2H3. The van der Waals surface area contributed by atoms with Crippen molar-refractivity contribution < 1.29 is 22.7 Å². The van der Waals surface area contributed by atoms with Gasteiger partial charge in [-0.2, -0.15) is 5.10 Å². The van der Waals surface area contributed by atoms with Crippen LogP contribution in [0, 0.1) is 6.92 Å². The highest BCUT2D eigenvalue weighted by Gasteiger charge is 2.27. The molecule has 0 bridgehead atoms. The molecule has 0 saturated carbocycles. The Hall–Kier alpha value is -1.53. The molecule has 1 aromatic rings. The summed E-state index contributed by atoms with van der Waals surface area (Å²) in [6, 6.07) is 1.20. The highest BCUT2D eigenvalue weighted by Crippen LogP contribution is 2.20. The summed E-state index contributed by atoms with van der Waals surface area (Å²) in [5.41, 5.74) is -0.0431. The van der Waals surface area contributed by atoms with Crippen LogP contribution in [0.25, 0.3) is 0 Å². The quantitative estimate of drug-likeness (QED) is 0.752. The van der Waals surface area contributed by atoms with Crippen molar-refractivity contribution in [2.45, 2.75) is 26.6 Å². The normalized spacial score (nSPS) is 12.9. The van der Waals surface area contributed by atoms with Gasteiger partial charge in [0.1, 0.15) is 5.69 Å². The van der Waals surface area contributed by atoms with Crippen LogP contribution in [-0.2, 0) is 4.74 Å². The Kier molecular flexibility index (Phi) is 3.92. The van der Waals surface area contributed by atoms with E-state index < -0.39 is 18.7 Å². The number of esters is 1. The molecule has 0 saturated heterocycles. The zero-order valence-electron chi connectivity index (χ0n) is 8.78. The van der Waals surface area contributed by atoms with Gasteiger partial charge in [0.25, 0.3) is 12.7 Å². The van der Waals surface area contributed by atoms with Gasteiger partial charge in [0.2, 0.25) is 0 Å². The van der Waals surface area contributed by atoms with Gasteiger partial charge in [-0.1, -0.05) is 0 Å². The predicted molar refractivity (Wildman–Crippen MR) is 49.1 cm³/mol. The number of ether oxygens (including phenoxy) is 1. The molecular formula is C9H11F3N2O2. The minimum absolute atomic E-state index is 0.0781. The van der Waals surface area contributed by atoms with E-state index in [9.17, 15) is 18.0 Å². The molecule has 1 aromatic heterocycles. The second-order valence-electron chi connectivity index (χ2n) is 3.04. The third kappa shape index (κ3) is 2.53. The topological polar surface area (TPSA) is 44.1 Å². The molecule has 1 rings (SSSR count). The molecule has 0 aliphatic carbocycles. The van der Waals surface area contributed by atoms with E-state index in [2.05, 4.69) is 9.84 Å². The van der Waals surface area contributed by atoms with E-state index in [-0.39, 0.29) is 18.0 Å². The van der Waals surface area contributed by atoms with Crippen molar-refractivity contribution >= 4 is 5.97 Å². The first kappa shape index (κ1) is 12.5. The number of hydrogen-bond donors (Lipinski definition) is 0. The fourth-order valence-electron chi connectivity index (χ4n) is 1.17. The largest absolute Gasteiger partial charge is 0.461 e. The van der Waals surface area contributed by atoms with Gasteiger partial charge in [0, 0.05) is 0 Å². The van der Waals surface area contributed by atoms with Gasteiger partial charge in [-0.15, -0.1) is 0 Å². The maximum atomic E-state index is 13.1. The summed E-state index contributed by atoms with van der Waals surface area (Å²) in [5, 5.41) is 3.50. The molecule has 0 spiro atoms. The zero-order valence-corrected chi connectivity index (χ0v) is 8.78. The van der Waals surface area contributed by atoms with Crippen LogP contribution in [0.1, 0.15) is 29.4 Å². The lowest BCUT2D eigenvalue weighted by atomic mass is 10.3. The third-order valence-electron chi connectivity index (χ3n) is 1.78. The molecule has 0 N–H and O–H groups in total. The first-order valence-electron chi connectivity index (χ1n) is 4.62. The maximum Gasteiger partial charge on any atom is 0.356 e. The van der Waals surface area contributed by atoms with E-state index in [0.717, 1.165) is 0 Å². The molecule has 0 aliphatic heterocycles. The van der Waals surface area contributed by atoms with Crippen LogP contribution in [0.3, 0.4) is 0 Å². The van der Waals surface area contributed by atoms with E-state index in [1.54, 1.807) is 6.92 Å². The number of halogens is 3. The van der Waals surface area contributed by atoms with Crippen LogP contribution in [-0.4, -0.2) is 28.8 Å². The molecule has 0 radical (unpaired) electrons. The van der Waals surface area contributed by atoms with Crippen molar-refractivity contribution in [3.05, 3.63) is 17.5 Å². The first-order valence-corrected chi connectivity index (χ1v) is 4.62. The molecule has 0 aromatic carbocycles. The van der Waals surface area contributed by atoms with Crippen LogP contribution in [0.15, 0.2) is 6.07 Å². The van der Waals surface area contributed by atoms with E-state index in [1.165, 1.54) is 13.0 Å². The summed E-state index contributed by atoms with van der Waals surface area (Å²) < 4.78 is 42.3. The second kappa shape index (κ2) is 5.00. The highest BCUT2D eigenvalue weighted by atomic mass is 19.3.